The number of sulfone groups is 1. The van der Waals surface area contributed by atoms with E-state index in [1.54, 1.807) is 0 Å². The molecule has 5 nitrogen and oxygen atoms in total. The first-order valence-corrected chi connectivity index (χ1v) is 6.21. The third-order valence-electron chi connectivity index (χ3n) is 2.53. The molecule has 0 amide bonds. The van der Waals surface area contributed by atoms with Crippen LogP contribution in [0.4, 0.5) is 0 Å². The lowest BCUT2D eigenvalue weighted by molar-refractivity contribution is -0.131. The highest BCUT2D eigenvalue weighted by Gasteiger charge is 2.31. The second kappa shape index (κ2) is 3.41. The maximum Gasteiger partial charge on any atom is 0.377 e. The minimum absolute atomic E-state index is 0.0222. The number of carboxylic acid groups (broad SMARTS) is 1. The van der Waals surface area contributed by atoms with Gasteiger partial charge in [-0.15, -0.1) is 0 Å². The largest absolute Gasteiger partial charge is 0.475 e. The van der Waals surface area contributed by atoms with Gasteiger partial charge in [-0.25, -0.2) is 13.2 Å². The molecule has 1 aliphatic heterocycles. The van der Waals surface area contributed by atoms with Crippen LogP contribution in [-0.2, 0) is 21.1 Å². The number of carboxylic acids is 1. The molecule has 0 saturated carbocycles. The molecule has 1 aliphatic rings. The molecule has 0 atom stereocenters. The topological polar surface area (TPSA) is 88.5 Å². The molecule has 0 spiro atoms. The van der Waals surface area contributed by atoms with Gasteiger partial charge in [-0.3, -0.25) is 4.79 Å². The Morgan fingerprint density at radius 1 is 1.25 bits per heavy atom. The number of Topliss-reactive ketones (excluding diaryl/α,β-unsaturated/α-hetero) is 1. The van der Waals surface area contributed by atoms with Gasteiger partial charge in [0.2, 0.25) is 0 Å². The normalized spacial score (nSPS) is 16.8. The van der Waals surface area contributed by atoms with E-state index >= 15 is 0 Å². The molecule has 0 bridgehead atoms. The van der Waals surface area contributed by atoms with Crippen LogP contribution in [0.5, 0.6) is 0 Å². The summed E-state index contributed by atoms with van der Waals surface area (Å²) in [5.41, 5.74) is 0.306. The predicted molar refractivity (Wildman–Crippen MR) is 54.2 cm³/mol. The summed E-state index contributed by atoms with van der Waals surface area (Å²) in [4.78, 5) is 22.0. The van der Waals surface area contributed by atoms with E-state index in [1.807, 2.05) is 0 Å². The average molecular weight is 240 g/mol. The summed E-state index contributed by atoms with van der Waals surface area (Å²) in [6.45, 7) is 0. The Hall–Kier alpha value is -1.69. The van der Waals surface area contributed by atoms with Crippen LogP contribution < -0.4 is 0 Å². The van der Waals surface area contributed by atoms with Gasteiger partial charge in [-0.1, -0.05) is 12.1 Å². The van der Waals surface area contributed by atoms with E-state index in [-0.39, 0.29) is 22.6 Å². The Balaban J connectivity index is 2.65. The summed E-state index contributed by atoms with van der Waals surface area (Å²) in [6, 6.07) is 4.13. The Bertz CT molecular complexity index is 585. The quantitative estimate of drug-likeness (QED) is 0.592. The highest BCUT2D eigenvalue weighted by molar-refractivity contribution is 7.91. The van der Waals surface area contributed by atoms with Gasteiger partial charge in [-0.2, -0.15) is 0 Å². The molecule has 0 saturated heterocycles. The van der Waals surface area contributed by atoms with Crippen molar-refractivity contribution < 1.29 is 23.1 Å². The van der Waals surface area contributed by atoms with Crippen molar-refractivity contribution in [3.8, 4) is 0 Å². The van der Waals surface area contributed by atoms with Gasteiger partial charge in [-0.05, 0) is 18.1 Å². The second-order valence-corrected chi connectivity index (χ2v) is 5.56. The fourth-order valence-corrected chi connectivity index (χ4v) is 3.36. The molecule has 1 N–H and O–H groups in total. The van der Waals surface area contributed by atoms with Crippen molar-refractivity contribution in [3.63, 3.8) is 0 Å². The number of benzene rings is 1. The van der Waals surface area contributed by atoms with E-state index in [0.717, 1.165) is 0 Å². The molecule has 0 radical (unpaired) electrons. The monoisotopic (exact) mass is 240 g/mol. The number of hydrogen-bond acceptors (Lipinski definition) is 4. The number of hydrogen-bond donors (Lipinski definition) is 1. The van der Waals surface area contributed by atoms with Crippen LogP contribution in [0.25, 0.3) is 0 Å². The molecule has 0 unspecified atom stereocenters. The average Bonchev–Trinajstić information content (AvgIpc) is 2.54. The van der Waals surface area contributed by atoms with Crippen LogP contribution in [0.3, 0.4) is 0 Å². The van der Waals surface area contributed by atoms with Gasteiger partial charge in [0.1, 0.15) is 0 Å². The van der Waals surface area contributed by atoms with Crippen LogP contribution in [0, 0.1) is 0 Å². The van der Waals surface area contributed by atoms with Gasteiger partial charge in [0.25, 0.3) is 5.78 Å². The smallest absolute Gasteiger partial charge is 0.377 e. The van der Waals surface area contributed by atoms with Gasteiger partial charge in [0, 0.05) is 5.56 Å². The van der Waals surface area contributed by atoms with Crippen LogP contribution in [0.15, 0.2) is 23.1 Å². The first-order valence-electron chi connectivity index (χ1n) is 4.56. The third kappa shape index (κ3) is 1.51. The maximum atomic E-state index is 11.5. The molecule has 16 heavy (non-hydrogen) atoms. The lowest BCUT2D eigenvalue weighted by Crippen LogP contribution is -2.14. The zero-order valence-electron chi connectivity index (χ0n) is 8.13. The van der Waals surface area contributed by atoms with E-state index < -0.39 is 21.6 Å². The number of carbonyl (C=O) groups excluding carboxylic acids is 1. The number of fused-ring (bicyclic) bond motifs is 1. The molecule has 1 aromatic rings. The molecule has 0 fully saturated rings. The number of aliphatic carboxylic acids is 1. The minimum Gasteiger partial charge on any atom is -0.475 e. The van der Waals surface area contributed by atoms with Crippen molar-refractivity contribution in [1.82, 2.24) is 0 Å². The fraction of sp³-hybridized carbons (Fsp3) is 0.200. The molecule has 6 heteroatoms. The summed E-state index contributed by atoms with van der Waals surface area (Å²) < 4.78 is 23.1. The predicted octanol–water partition coefficient (Wildman–Crippen LogP) is 0.284. The first-order chi connectivity index (χ1) is 7.43. The van der Waals surface area contributed by atoms with E-state index in [0.29, 0.717) is 5.56 Å². The summed E-state index contributed by atoms with van der Waals surface area (Å²) in [7, 11) is -3.33. The minimum atomic E-state index is -3.33. The van der Waals surface area contributed by atoms with Crippen molar-refractivity contribution in [3.05, 3.63) is 29.3 Å². The van der Waals surface area contributed by atoms with Crippen LogP contribution in [0.2, 0.25) is 0 Å². The summed E-state index contributed by atoms with van der Waals surface area (Å²) in [6.07, 6.45) is 0.201. The lowest BCUT2D eigenvalue weighted by Gasteiger charge is -2.03. The van der Waals surface area contributed by atoms with Crippen LogP contribution in [-0.4, -0.2) is 31.0 Å². The number of carbonyl (C=O) groups is 2. The molecular weight excluding hydrogens is 232 g/mol. The van der Waals surface area contributed by atoms with Crippen molar-refractivity contribution >= 4 is 21.6 Å². The molecular formula is C10H8O5S. The van der Waals surface area contributed by atoms with Crippen molar-refractivity contribution in [2.75, 3.05) is 5.75 Å². The zero-order valence-corrected chi connectivity index (χ0v) is 8.95. The molecule has 2 rings (SSSR count). The Morgan fingerprint density at radius 2 is 1.94 bits per heavy atom. The van der Waals surface area contributed by atoms with E-state index in [9.17, 15) is 18.0 Å². The SMILES string of the molecule is O=C(O)C(=O)c1cccc2c1CCS2(=O)=O. The van der Waals surface area contributed by atoms with Crippen LogP contribution >= 0.6 is 0 Å². The Kier molecular flexibility index (Phi) is 2.31. The number of rotatable bonds is 2. The van der Waals surface area contributed by atoms with Gasteiger partial charge >= 0.3 is 5.97 Å². The standard InChI is InChI=1S/C10H8O5S/c11-9(10(12)13)7-2-1-3-8-6(7)4-5-16(8,14)15/h1-3H,4-5H2,(H,12,13). The first kappa shape index (κ1) is 10.8. The molecule has 0 aliphatic carbocycles. The van der Waals surface area contributed by atoms with E-state index in [2.05, 4.69) is 0 Å². The van der Waals surface area contributed by atoms with Crippen molar-refractivity contribution in [2.45, 2.75) is 11.3 Å². The second-order valence-electron chi connectivity index (χ2n) is 3.49. The maximum absolute atomic E-state index is 11.5. The number of ketones is 1. The van der Waals surface area contributed by atoms with Gasteiger partial charge in [0.15, 0.2) is 9.84 Å². The molecule has 0 aromatic heterocycles. The highest BCUT2D eigenvalue weighted by Crippen LogP contribution is 2.28. The third-order valence-corrected chi connectivity index (χ3v) is 4.32. The Morgan fingerprint density at radius 3 is 2.56 bits per heavy atom. The summed E-state index contributed by atoms with van der Waals surface area (Å²) >= 11 is 0. The van der Waals surface area contributed by atoms with Gasteiger partial charge < -0.3 is 5.11 Å². The van der Waals surface area contributed by atoms with Crippen molar-refractivity contribution in [1.29, 1.82) is 0 Å². The zero-order chi connectivity index (χ0) is 11.9. The van der Waals surface area contributed by atoms with Gasteiger partial charge in [0.05, 0.1) is 10.6 Å². The Labute approximate surface area is 91.6 Å². The molecule has 1 aromatic carbocycles. The summed E-state index contributed by atoms with van der Waals surface area (Å²) in [5.74, 6) is -2.70. The highest BCUT2D eigenvalue weighted by atomic mass is 32.2. The van der Waals surface area contributed by atoms with Crippen molar-refractivity contribution in [2.24, 2.45) is 0 Å². The lowest BCUT2D eigenvalue weighted by atomic mass is 10.0. The van der Waals surface area contributed by atoms with E-state index in [1.165, 1.54) is 18.2 Å². The fourth-order valence-electron chi connectivity index (χ4n) is 1.79. The molecule has 1 heterocycles. The van der Waals surface area contributed by atoms with E-state index in [4.69, 9.17) is 5.11 Å². The summed E-state index contributed by atoms with van der Waals surface area (Å²) in [5, 5.41) is 8.60. The van der Waals surface area contributed by atoms with Crippen LogP contribution in [0.1, 0.15) is 15.9 Å². The molecule has 84 valence electrons.